The molecule has 0 spiro atoms. The van der Waals surface area contributed by atoms with Gasteiger partial charge in [-0.05, 0) is 24.8 Å². The number of rotatable bonds is 2. The molecule has 0 unspecified atom stereocenters. The molecule has 0 amide bonds. The quantitative estimate of drug-likeness (QED) is 0.827. The maximum Gasteiger partial charge on any atom is 0.254 e. The minimum absolute atomic E-state index is 0.0746. The second kappa shape index (κ2) is 4.83. The molecule has 0 radical (unpaired) electrons. The highest BCUT2D eigenvalue weighted by Crippen LogP contribution is 2.31. The Morgan fingerprint density at radius 1 is 1.31 bits per heavy atom. The van der Waals surface area contributed by atoms with Crippen LogP contribution in [0.15, 0.2) is 16.9 Å². The lowest BCUT2D eigenvalue weighted by Gasteiger charge is -2.24. The molecule has 1 aromatic rings. The Morgan fingerprint density at radius 3 is 2.62 bits per heavy atom. The first-order valence-electron chi connectivity index (χ1n) is 6.13. The fourth-order valence-corrected chi connectivity index (χ4v) is 2.67. The molecule has 2 N–H and O–H groups in total. The van der Waals surface area contributed by atoms with E-state index in [1.54, 1.807) is 4.57 Å². The van der Waals surface area contributed by atoms with Gasteiger partial charge >= 0.3 is 0 Å². The van der Waals surface area contributed by atoms with Gasteiger partial charge in [0.2, 0.25) is 0 Å². The number of hydrogen-bond donors (Lipinski definition) is 1. The van der Waals surface area contributed by atoms with E-state index in [2.05, 4.69) is 6.07 Å². The van der Waals surface area contributed by atoms with Crippen LogP contribution in [0.1, 0.15) is 49.3 Å². The molecule has 0 saturated heterocycles. The summed E-state index contributed by atoms with van der Waals surface area (Å²) in [6, 6.07) is 3.98. The molecule has 0 aromatic carbocycles. The fraction of sp³-hybridized carbons (Fsp3) is 0.615. The van der Waals surface area contributed by atoms with E-state index < -0.39 is 0 Å². The van der Waals surface area contributed by atoms with Gasteiger partial charge in [-0.15, -0.1) is 0 Å². The SMILES string of the molecule is Cn1c(C2CCCCC2)ccc(CN)c1=O. The van der Waals surface area contributed by atoms with E-state index in [0.717, 1.165) is 0 Å². The lowest BCUT2D eigenvalue weighted by Crippen LogP contribution is -2.27. The van der Waals surface area contributed by atoms with Gasteiger partial charge in [0.1, 0.15) is 0 Å². The Morgan fingerprint density at radius 2 is 2.00 bits per heavy atom. The van der Waals surface area contributed by atoms with Crippen LogP contribution in [0.3, 0.4) is 0 Å². The Labute approximate surface area is 96.3 Å². The van der Waals surface area contributed by atoms with Crippen LogP contribution in [0.5, 0.6) is 0 Å². The number of nitrogens with zero attached hydrogens (tertiary/aromatic N) is 1. The number of pyridine rings is 1. The molecule has 1 aliphatic rings. The Balaban J connectivity index is 2.34. The van der Waals surface area contributed by atoms with Gasteiger partial charge in [-0.1, -0.05) is 25.3 Å². The van der Waals surface area contributed by atoms with Crippen molar-refractivity contribution in [3.05, 3.63) is 33.7 Å². The van der Waals surface area contributed by atoms with Gasteiger partial charge in [-0.2, -0.15) is 0 Å². The van der Waals surface area contributed by atoms with E-state index in [1.807, 2.05) is 13.1 Å². The highest BCUT2D eigenvalue weighted by atomic mass is 16.1. The number of aromatic nitrogens is 1. The predicted octanol–water partition coefficient (Wildman–Crippen LogP) is 1.89. The predicted molar refractivity (Wildman–Crippen MR) is 65.4 cm³/mol. The highest BCUT2D eigenvalue weighted by molar-refractivity contribution is 5.19. The van der Waals surface area contributed by atoms with E-state index in [1.165, 1.54) is 37.8 Å². The Kier molecular flexibility index (Phi) is 3.44. The van der Waals surface area contributed by atoms with Crippen molar-refractivity contribution in [2.24, 2.45) is 12.8 Å². The molecule has 1 heterocycles. The molecule has 0 aliphatic heterocycles. The zero-order valence-corrected chi connectivity index (χ0v) is 9.91. The van der Waals surface area contributed by atoms with Crippen molar-refractivity contribution in [2.45, 2.75) is 44.6 Å². The maximum atomic E-state index is 11.9. The summed E-state index contributed by atoms with van der Waals surface area (Å²) in [5.74, 6) is 0.568. The molecule has 0 bridgehead atoms. The van der Waals surface area contributed by atoms with E-state index >= 15 is 0 Å². The molecule has 16 heavy (non-hydrogen) atoms. The van der Waals surface area contributed by atoms with E-state index in [-0.39, 0.29) is 5.56 Å². The number of hydrogen-bond acceptors (Lipinski definition) is 2. The zero-order chi connectivity index (χ0) is 11.5. The Hall–Kier alpha value is -1.09. The van der Waals surface area contributed by atoms with Crippen LogP contribution in [-0.2, 0) is 13.6 Å². The Bertz CT molecular complexity index is 416. The third kappa shape index (κ3) is 2.05. The summed E-state index contributed by atoms with van der Waals surface area (Å²) in [6.45, 7) is 0.331. The summed E-state index contributed by atoms with van der Waals surface area (Å²) >= 11 is 0. The van der Waals surface area contributed by atoms with Gasteiger partial charge in [0.05, 0.1) is 0 Å². The third-order valence-corrected chi connectivity index (χ3v) is 3.67. The van der Waals surface area contributed by atoms with Crippen LogP contribution in [0.2, 0.25) is 0 Å². The normalized spacial score (nSPS) is 17.6. The molecular weight excluding hydrogens is 200 g/mol. The van der Waals surface area contributed by atoms with Gasteiger partial charge in [0.25, 0.3) is 5.56 Å². The molecular formula is C13H20N2O. The van der Waals surface area contributed by atoms with Gasteiger partial charge in [0, 0.05) is 24.8 Å². The molecule has 1 saturated carbocycles. The summed E-state index contributed by atoms with van der Waals surface area (Å²) in [7, 11) is 1.87. The van der Waals surface area contributed by atoms with Crippen LogP contribution < -0.4 is 11.3 Å². The van der Waals surface area contributed by atoms with E-state index in [9.17, 15) is 4.79 Å². The second-order valence-corrected chi connectivity index (χ2v) is 4.69. The second-order valence-electron chi connectivity index (χ2n) is 4.69. The first-order chi connectivity index (χ1) is 7.74. The maximum absolute atomic E-state index is 11.9. The molecule has 1 fully saturated rings. The van der Waals surface area contributed by atoms with Crippen LogP contribution in [0.25, 0.3) is 0 Å². The van der Waals surface area contributed by atoms with Gasteiger partial charge in [0.15, 0.2) is 0 Å². The molecule has 3 heteroatoms. The molecule has 0 atom stereocenters. The van der Waals surface area contributed by atoms with Gasteiger partial charge < -0.3 is 10.3 Å². The highest BCUT2D eigenvalue weighted by Gasteiger charge is 2.18. The largest absolute Gasteiger partial charge is 0.326 e. The van der Waals surface area contributed by atoms with Crippen LogP contribution in [0, 0.1) is 0 Å². The van der Waals surface area contributed by atoms with Crippen molar-refractivity contribution in [3.8, 4) is 0 Å². The standard InChI is InChI=1S/C13H20N2O/c1-15-12(10-5-3-2-4-6-10)8-7-11(9-14)13(15)16/h7-8,10H,2-6,9,14H2,1H3. The van der Waals surface area contributed by atoms with Crippen LogP contribution >= 0.6 is 0 Å². The topological polar surface area (TPSA) is 48.0 Å². The third-order valence-electron chi connectivity index (χ3n) is 3.67. The lowest BCUT2D eigenvalue weighted by molar-refractivity contribution is 0.425. The van der Waals surface area contributed by atoms with Crippen molar-refractivity contribution in [2.75, 3.05) is 0 Å². The fourth-order valence-electron chi connectivity index (χ4n) is 2.67. The van der Waals surface area contributed by atoms with Crippen molar-refractivity contribution in [3.63, 3.8) is 0 Å². The van der Waals surface area contributed by atoms with E-state index in [4.69, 9.17) is 5.73 Å². The smallest absolute Gasteiger partial charge is 0.254 e. The van der Waals surface area contributed by atoms with Crippen molar-refractivity contribution < 1.29 is 0 Å². The minimum Gasteiger partial charge on any atom is -0.326 e. The molecule has 1 aliphatic carbocycles. The van der Waals surface area contributed by atoms with Crippen molar-refractivity contribution in [1.29, 1.82) is 0 Å². The van der Waals surface area contributed by atoms with Crippen LogP contribution in [0.4, 0.5) is 0 Å². The monoisotopic (exact) mass is 220 g/mol. The zero-order valence-electron chi connectivity index (χ0n) is 9.91. The summed E-state index contributed by atoms with van der Waals surface area (Å²) in [5, 5.41) is 0. The van der Waals surface area contributed by atoms with Crippen molar-refractivity contribution >= 4 is 0 Å². The average Bonchev–Trinajstić information content (AvgIpc) is 2.34. The lowest BCUT2D eigenvalue weighted by atomic mass is 9.86. The van der Waals surface area contributed by atoms with Crippen LogP contribution in [-0.4, -0.2) is 4.57 Å². The molecule has 1 aromatic heterocycles. The van der Waals surface area contributed by atoms with Gasteiger partial charge in [-0.25, -0.2) is 0 Å². The van der Waals surface area contributed by atoms with E-state index in [0.29, 0.717) is 18.0 Å². The number of nitrogens with two attached hydrogens (primary N) is 1. The molecule has 3 nitrogen and oxygen atoms in total. The van der Waals surface area contributed by atoms with Crippen molar-refractivity contribution in [1.82, 2.24) is 4.57 Å². The summed E-state index contributed by atoms with van der Waals surface area (Å²) in [4.78, 5) is 11.9. The summed E-state index contributed by atoms with van der Waals surface area (Å²) in [6.07, 6.45) is 6.35. The summed E-state index contributed by atoms with van der Waals surface area (Å²) in [5.41, 5.74) is 7.50. The molecule has 2 rings (SSSR count). The minimum atomic E-state index is 0.0746. The first-order valence-corrected chi connectivity index (χ1v) is 6.13. The summed E-state index contributed by atoms with van der Waals surface area (Å²) < 4.78 is 1.79. The first kappa shape index (κ1) is 11.4. The molecule has 88 valence electrons. The average molecular weight is 220 g/mol. The van der Waals surface area contributed by atoms with Gasteiger partial charge in [-0.3, -0.25) is 4.79 Å².